The fourth-order valence-corrected chi connectivity index (χ4v) is 2.40. The van der Waals surface area contributed by atoms with Gasteiger partial charge in [-0.1, -0.05) is 36.3 Å². The molecule has 17 heavy (non-hydrogen) atoms. The number of para-hydroxylation sites is 1. The van der Waals surface area contributed by atoms with Crippen molar-refractivity contribution in [2.45, 2.75) is 31.3 Å². The van der Waals surface area contributed by atoms with E-state index in [1.807, 2.05) is 36.5 Å². The van der Waals surface area contributed by atoms with Gasteiger partial charge in [0.05, 0.1) is 11.9 Å². The predicted molar refractivity (Wildman–Crippen MR) is 63.7 cm³/mol. The van der Waals surface area contributed by atoms with Gasteiger partial charge in [0.1, 0.15) is 11.3 Å². The number of hydrogen-bond acceptors (Lipinski definition) is 3. The van der Waals surface area contributed by atoms with Crippen LogP contribution in [-0.4, -0.2) is 20.1 Å². The second-order valence-electron chi connectivity index (χ2n) is 4.62. The molecule has 0 spiro atoms. The summed E-state index contributed by atoms with van der Waals surface area (Å²) in [5, 5.41) is 18.6. The minimum atomic E-state index is -0.757. The van der Waals surface area contributed by atoms with Gasteiger partial charge in [-0.15, -0.1) is 5.10 Å². The molecule has 1 N–H and O–H groups in total. The molecule has 0 radical (unpaired) electrons. The maximum absolute atomic E-state index is 10.4. The van der Waals surface area contributed by atoms with Gasteiger partial charge in [-0.2, -0.15) is 0 Å². The number of hydrogen-bond donors (Lipinski definition) is 1. The molecule has 2 aromatic rings. The molecule has 88 valence electrons. The Hall–Kier alpha value is -1.68. The van der Waals surface area contributed by atoms with Crippen molar-refractivity contribution in [3.8, 4) is 5.69 Å². The average molecular weight is 229 g/mol. The van der Waals surface area contributed by atoms with Crippen molar-refractivity contribution >= 4 is 0 Å². The lowest BCUT2D eigenvalue weighted by molar-refractivity contribution is 0.0398. The van der Waals surface area contributed by atoms with Crippen LogP contribution in [0.2, 0.25) is 0 Å². The Morgan fingerprint density at radius 3 is 2.53 bits per heavy atom. The molecule has 3 rings (SSSR count). The molecular formula is C13H15N3O. The first-order valence-corrected chi connectivity index (χ1v) is 5.99. The van der Waals surface area contributed by atoms with E-state index in [1.165, 1.54) is 0 Å². The maximum atomic E-state index is 10.4. The van der Waals surface area contributed by atoms with Gasteiger partial charge in [0.25, 0.3) is 0 Å². The molecule has 0 bridgehead atoms. The van der Waals surface area contributed by atoms with E-state index >= 15 is 0 Å². The van der Waals surface area contributed by atoms with Gasteiger partial charge in [0, 0.05) is 0 Å². The first-order valence-electron chi connectivity index (χ1n) is 5.99. The summed E-state index contributed by atoms with van der Waals surface area (Å²) in [6, 6.07) is 9.82. The zero-order chi connectivity index (χ0) is 11.7. The monoisotopic (exact) mass is 229 g/mol. The summed E-state index contributed by atoms with van der Waals surface area (Å²) in [7, 11) is 0. The number of aliphatic hydroxyl groups is 1. The molecule has 1 aliphatic rings. The average Bonchev–Trinajstić information content (AvgIpc) is 2.99. The van der Waals surface area contributed by atoms with Crippen LogP contribution in [0.25, 0.3) is 5.69 Å². The van der Waals surface area contributed by atoms with Crippen molar-refractivity contribution in [2.75, 3.05) is 0 Å². The summed E-state index contributed by atoms with van der Waals surface area (Å²) in [5.74, 6) is 0. The highest BCUT2D eigenvalue weighted by atomic mass is 16.3. The van der Waals surface area contributed by atoms with Gasteiger partial charge in [-0.05, 0) is 25.0 Å². The Balaban J connectivity index is 1.93. The van der Waals surface area contributed by atoms with Crippen LogP contribution in [0.3, 0.4) is 0 Å². The van der Waals surface area contributed by atoms with Crippen LogP contribution >= 0.6 is 0 Å². The third-order valence-electron chi connectivity index (χ3n) is 3.42. The highest BCUT2D eigenvalue weighted by Crippen LogP contribution is 2.37. The van der Waals surface area contributed by atoms with Crippen LogP contribution in [0, 0.1) is 0 Å². The van der Waals surface area contributed by atoms with Crippen LogP contribution in [-0.2, 0) is 5.60 Å². The van der Waals surface area contributed by atoms with Crippen LogP contribution in [0.5, 0.6) is 0 Å². The van der Waals surface area contributed by atoms with E-state index in [4.69, 9.17) is 0 Å². The Morgan fingerprint density at radius 1 is 1.12 bits per heavy atom. The van der Waals surface area contributed by atoms with E-state index in [1.54, 1.807) is 4.68 Å². The highest BCUT2D eigenvalue weighted by Gasteiger charge is 2.35. The highest BCUT2D eigenvalue weighted by molar-refractivity contribution is 5.30. The lowest BCUT2D eigenvalue weighted by Crippen LogP contribution is -2.21. The zero-order valence-electron chi connectivity index (χ0n) is 9.58. The summed E-state index contributed by atoms with van der Waals surface area (Å²) < 4.78 is 1.71. The first kappa shape index (κ1) is 10.5. The smallest absolute Gasteiger partial charge is 0.115 e. The number of benzene rings is 1. The summed E-state index contributed by atoms with van der Waals surface area (Å²) in [5.41, 5.74) is 0.902. The lowest BCUT2D eigenvalue weighted by atomic mass is 9.99. The zero-order valence-corrected chi connectivity index (χ0v) is 9.58. The minimum Gasteiger partial charge on any atom is -0.383 e. The van der Waals surface area contributed by atoms with E-state index in [2.05, 4.69) is 10.3 Å². The molecule has 4 nitrogen and oxygen atoms in total. The molecule has 1 aliphatic carbocycles. The van der Waals surface area contributed by atoms with Crippen molar-refractivity contribution in [3.63, 3.8) is 0 Å². The first-order chi connectivity index (χ1) is 8.28. The van der Waals surface area contributed by atoms with Gasteiger partial charge < -0.3 is 5.11 Å². The van der Waals surface area contributed by atoms with Gasteiger partial charge in [0.15, 0.2) is 0 Å². The van der Waals surface area contributed by atoms with Gasteiger partial charge in [-0.3, -0.25) is 0 Å². The van der Waals surface area contributed by atoms with Crippen LogP contribution in [0.15, 0.2) is 36.5 Å². The van der Waals surface area contributed by atoms with Crippen molar-refractivity contribution < 1.29 is 5.11 Å². The molecule has 1 aromatic carbocycles. The molecule has 1 fully saturated rings. The minimum absolute atomic E-state index is 0.693. The standard InChI is InChI=1S/C13H15N3O/c17-13(8-4-5-9-13)12-10-16(15-14-12)11-6-2-1-3-7-11/h1-3,6-7,10,17H,4-5,8-9H2. The van der Waals surface area contributed by atoms with Gasteiger partial charge >= 0.3 is 0 Å². The number of nitrogens with zero attached hydrogens (tertiary/aromatic N) is 3. The number of aromatic nitrogens is 3. The maximum Gasteiger partial charge on any atom is 0.115 e. The molecule has 0 unspecified atom stereocenters. The third kappa shape index (κ3) is 1.85. The molecule has 0 atom stereocenters. The van der Waals surface area contributed by atoms with E-state index in [-0.39, 0.29) is 0 Å². The molecule has 0 saturated heterocycles. The largest absolute Gasteiger partial charge is 0.383 e. The second kappa shape index (κ2) is 3.96. The van der Waals surface area contributed by atoms with E-state index < -0.39 is 5.60 Å². The summed E-state index contributed by atoms with van der Waals surface area (Å²) in [6.45, 7) is 0. The summed E-state index contributed by atoms with van der Waals surface area (Å²) >= 11 is 0. The normalized spacial score (nSPS) is 18.4. The molecule has 0 amide bonds. The van der Waals surface area contributed by atoms with Crippen molar-refractivity contribution in [2.24, 2.45) is 0 Å². The van der Waals surface area contributed by atoms with Crippen LogP contribution in [0.1, 0.15) is 31.4 Å². The molecule has 0 aliphatic heterocycles. The molecule has 1 saturated carbocycles. The lowest BCUT2D eigenvalue weighted by Gasteiger charge is -2.17. The summed E-state index contributed by atoms with van der Waals surface area (Å²) in [6.07, 6.45) is 5.55. The molecular weight excluding hydrogens is 214 g/mol. The fourth-order valence-electron chi connectivity index (χ4n) is 2.40. The van der Waals surface area contributed by atoms with Gasteiger partial charge in [-0.25, -0.2) is 4.68 Å². The van der Waals surface area contributed by atoms with Crippen LogP contribution < -0.4 is 0 Å². The quantitative estimate of drug-likeness (QED) is 0.857. The predicted octanol–water partition coefficient (Wildman–Crippen LogP) is 2.03. The SMILES string of the molecule is OC1(c2cn(-c3ccccc3)nn2)CCCC1. The molecule has 1 heterocycles. The Bertz CT molecular complexity index is 500. The topological polar surface area (TPSA) is 50.9 Å². The second-order valence-corrected chi connectivity index (χ2v) is 4.62. The van der Waals surface area contributed by atoms with E-state index in [9.17, 15) is 5.11 Å². The Morgan fingerprint density at radius 2 is 1.82 bits per heavy atom. The molecule has 4 heteroatoms. The van der Waals surface area contributed by atoms with Crippen LogP contribution in [0.4, 0.5) is 0 Å². The van der Waals surface area contributed by atoms with Crippen molar-refractivity contribution in [3.05, 3.63) is 42.2 Å². The summed E-state index contributed by atoms with van der Waals surface area (Å²) in [4.78, 5) is 0. The Kier molecular flexibility index (Phi) is 2.44. The fraction of sp³-hybridized carbons (Fsp3) is 0.385. The third-order valence-corrected chi connectivity index (χ3v) is 3.42. The number of rotatable bonds is 2. The molecule has 1 aromatic heterocycles. The Labute approximate surface area is 99.9 Å². The van der Waals surface area contributed by atoms with E-state index in [0.29, 0.717) is 5.69 Å². The van der Waals surface area contributed by atoms with Crippen molar-refractivity contribution in [1.29, 1.82) is 0 Å². The van der Waals surface area contributed by atoms with Gasteiger partial charge in [0.2, 0.25) is 0 Å². The van der Waals surface area contributed by atoms with E-state index in [0.717, 1.165) is 31.4 Å². The van der Waals surface area contributed by atoms with Crippen molar-refractivity contribution in [1.82, 2.24) is 15.0 Å².